The van der Waals surface area contributed by atoms with Gasteiger partial charge in [0.05, 0.1) is 24.1 Å². The maximum Gasteiger partial charge on any atom is 0.258 e. The molecular formula is C25H24ClN3O3. The summed E-state index contributed by atoms with van der Waals surface area (Å²) < 4.78 is 13.5. The van der Waals surface area contributed by atoms with Gasteiger partial charge in [0.25, 0.3) is 5.91 Å². The number of imidazole rings is 1. The zero-order chi connectivity index (χ0) is 22.3. The standard InChI is InChI=1S/C25H24ClN3O3/c1-18-6-10-20(11-7-18)31-15-14-29-23-5-3-2-4-22(23)28-24(29)16-27-25(30)17-32-21-12-8-19(26)9-13-21/h2-13H,14-17H2,1H3,(H,27,30). The van der Waals surface area contributed by atoms with Crippen LogP contribution in [-0.4, -0.2) is 28.7 Å². The minimum atomic E-state index is -0.227. The number of carbonyl (C=O) groups excluding carboxylic acids is 1. The molecule has 1 N–H and O–H groups in total. The first-order valence-corrected chi connectivity index (χ1v) is 10.7. The fourth-order valence-corrected chi connectivity index (χ4v) is 3.43. The van der Waals surface area contributed by atoms with Crippen LogP contribution in [0.1, 0.15) is 11.4 Å². The molecule has 0 fully saturated rings. The SMILES string of the molecule is Cc1ccc(OCCn2c(CNC(=O)COc3ccc(Cl)cc3)nc3ccccc32)cc1. The number of nitrogens with zero attached hydrogens (tertiary/aromatic N) is 2. The van der Waals surface area contributed by atoms with E-state index < -0.39 is 0 Å². The van der Waals surface area contributed by atoms with Crippen molar-refractivity contribution in [1.82, 2.24) is 14.9 Å². The first-order chi connectivity index (χ1) is 15.6. The van der Waals surface area contributed by atoms with E-state index in [1.54, 1.807) is 24.3 Å². The topological polar surface area (TPSA) is 65.4 Å². The molecule has 0 saturated carbocycles. The molecule has 1 amide bonds. The van der Waals surface area contributed by atoms with Gasteiger partial charge >= 0.3 is 0 Å². The smallest absolute Gasteiger partial charge is 0.258 e. The molecule has 0 aliphatic carbocycles. The second-order valence-electron chi connectivity index (χ2n) is 7.35. The van der Waals surface area contributed by atoms with Gasteiger partial charge in [-0.3, -0.25) is 4.79 Å². The molecule has 1 aromatic heterocycles. The maximum atomic E-state index is 12.3. The minimum Gasteiger partial charge on any atom is -0.492 e. The molecule has 164 valence electrons. The van der Waals surface area contributed by atoms with E-state index in [4.69, 9.17) is 21.1 Å². The van der Waals surface area contributed by atoms with Crippen LogP contribution >= 0.6 is 11.6 Å². The lowest BCUT2D eigenvalue weighted by Gasteiger charge is -2.12. The Hall–Kier alpha value is -3.51. The molecule has 0 unspecified atom stereocenters. The second-order valence-corrected chi connectivity index (χ2v) is 7.79. The number of ether oxygens (including phenoxy) is 2. The van der Waals surface area contributed by atoms with E-state index in [1.807, 2.05) is 55.5 Å². The molecule has 7 heteroatoms. The third-order valence-corrected chi connectivity index (χ3v) is 5.22. The molecule has 0 aliphatic rings. The van der Waals surface area contributed by atoms with Crippen molar-refractivity contribution in [2.75, 3.05) is 13.2 Å². The quantitative estimate of drug-likeness (QED) is 0.399. The monoisotopic (exact) mass is 449 g/mol. The second kappa shape index (κ2) is 10.2. The summed E-state index contributed by atoms with van der Waals surface area (Å²) in [6.45, 7) is 3.35. The highest BCUT2D eigenvalue weighted by atomic mass is 35.5. The third-order valence-electron chi connectivity index (χ3n) is 4.97. The van der Waals surface area contributed by atoms with Gasteiger partial charge in [-0.1, -0.05) is 41.4 Å². The van der Waals surface area contributed by atoms with Gasteiger partial charge in [0.1, 0.15) is 23.9 Å². The zero-order valence-corrected chi connectivity index (χ0v) is 18.5. The lowest BCUT2D eigenvalue weighted by molar-refractivity contribution is -0.123. The Morgan fingerprint density at radius 2 is 1.66 bits per heavy atom. The predicted octanol–water partition coefficient (Wildman–Crippen LogP) is 4.77. The molecule has 4 aromatic rings. The maximum absolute atomic E-state index is 12.3. The van der Waals surface area contributed by atoms with E-state index >= 15 is 0 Å². The van der Waals surface area contributed by atoms with E-state index in [-0.39, 0.29) is 12.5 Å². The lowest BCUT2D eigenvalue weighted by atomic mass is 10.2. The van der Waals surface area contributed by atoms with Crippen molar-refractivity contribution < 1.29 is 14.3 Å². The largest absolute Gasteiger partial charge is 0.492 e. The highest BCUT2D eigenvalue weighted by Gasteiger charge is 2.12. The van der Waals surface area contributed by atoms with E-state index in [2.05, 4.69) is 14.9 Å². The average molecular weight is 450 g/mol. The average Bonchev–Trinajstić information content (AvgIpc) is 3.16. The van der Waals surface area contributed by atoms with Crippen molar-refractivity contribution in [3.63, 3.8) is 0 Å². The molecule has 6 nitrogen and oxygen atoms in total. The van der Waals surface area contributed by atoms with Crippen LogP contribution in [0.5, 0.6) is 11.5 Å². The Bertz CT molecular complexity index is 1190. The number of aromatic nitrogens is 2. The van der Waals surface area contributed by atoms with Crippen LogP contribution < -0.4 is 14.8 Å². The molecule has 0 saturated heterocycles. The summed E-state index contributed by atoms with van der Waals surface area (Å²) in [6, 6.07) is 22.8. The molecular weight excluding hydrogens is 426 g/mol. The molecule has 1 heterocycles. The minimum absolute atomic E-state index is 0.0849. The van der Waals surface area contributed by atoms with Gasteiger partial charge in [-0.05, 0) is 55.5 Å². The van der Waals surface area contributed by atoms with Gasteiger partial charge in [-0.15, -0.1) is 0 Å². The van der Waals surface area contributed by atoms with Gasteiger partial charge in [-0.25, -0.2) is 4.98 Å². The number of rotatable bonds is 9. The number of amides is 1. The summed E-state index contributed by atoms with van der Waals surface area (Å²) in [7, 11) is 0. The van der Waals surface area contributed by atoms with Gasteiger partial charge in [-0.2, -0.15) is 0 Å². The van der Waals surface area contributed by atoms with E-state index in [0.29, 0.717) is 30.5 Å². The fraction of sp³-hybridized carbons (Fsp3) is 0.200. The summed E-state index contributed by atoms with van der Waals surface area (Å²) in [5.74, 6) is 1.95. The van der Waals surface area contributed by atoms with E-state index in [1.165, 1.54) is 5.56 Å². The van der Waals surface area contributed by atoms with Gasteiger partial charge < -0.3 is 19.4 Å². The molecule has 0 spiro atoms. The molecule has 3 aromatic carbocycles. The highest BCUT2D eigenvalue weighted by Crippen LogP contribution is 2.18. The van der Waals surface area contributed by atoms with Crippen molar-refractivity contribution in [3.05, 3.63) is 89.2 Å². The number of nitrogens with one attached hydrogen (secondary N) is 1. The van der Waals surface area contributed by atoms with Gasteiger partial charge in [0.15, 0.2) is 6.61 Å². The van der Waals surface area contributed by atoms with E-state index in [0.717, 1.165) is 22.6 Å². The number of fused-ring (bicyclic) bond motifs is 1. The molecule has 32 heavy (non-hydrogen) atoms. The van der Waals surface area contributed by atoms with Crippen molar-refractivity contribution >= 4 is 28.5 Å². The number of aryl methyl sites for hydroxylation is 1. The molecule has 0 bridgehead atoms. The summed E-state index contributed by atoms with van der Waals surface area (Å²) in [5, 5.41) is 3.50. The van der Waals surface area contributed by atoms with Crippen molar-refractivity contribution in [2.24, 2.45) is 0 Å². The van der Waals surface area contributed by atoms with Crippen molar-refractivity contribution in [2.45, 2.75) is 20.0 Å². The van der Waals surface area contributed by atoms with Crippen molar-refractivity contribution in [1.29, 1.82) is 0 Å². The molecule has 0 atom stereocenters. The summed E-state index contributed by atoms with van der Waals surface area (Å²) in [6.07, 6.45) is 0. The summed E-state index contributed by atoms with van der Waals surface area (Å²) >= 11 is 5.86. The van der Waals surface area contributed by atoms with Crippen LogP contribution in [0.4, 0.5) is 0 Å². The number of hydrogen-bond acceptors (Lipinski definition) is 4. The van der Waals surface area contributed by atoms with Crippen LogP contribution in [0, 0.1) is 6.92 Å². The van der Waals surface area contributed by atoms with Crippen LogP contribution in [0.2, 0.25) is 5.02 Å². The third kappa shape index (κ3) is 5.59. The molecule has 4 rings (SSSR count). The lowest BCUT2D eigenvalue weighted by Crippen LogP contribution is -2.29. The van der Waals surface area contributed by atoms with Gasteiger partial charge in [0, 0.05) is 5.02 Å². The number of halogens is 1. The Kier molecular flexibility index (Phi) is 6.92. The predicted molar refractivity (Wildman–Crippen MR) is 125 cm³/mol. The van der Waals surface area contributed by atoms with E-state index in [9.17, 15) is 4.79 Å². The Balaban J connectivity index is 1.37. The molecule has 0 radical (unpaired) electrons. The summed E-state index contributed by atoms with van der Waals surface area (Å²) in [4.78, 5) is 17.0. The number of para-hydroxylation sites is 2. The number of carbonyl (C=O) groups is 1. The number of benzene rings is 3. The van der Waals surface area contributed by atoms with Crippen LogP contribution in [0.15, 0.2) is 72.8 Å². The first kappa shape index (κ1) is 21.7. The molecule has 0 aliphatic heterocycles. The first-order valence-electron chi connectivity index (χ1n) is 10.4. The van der Waals surface area contributed by atoms with Crippen LogP contribution in [0.3, 0.4) is 0 Å². The van der Waals surface area contributed by atoms with Crippen molar-refractivity contribution in [3.8, 4) is 11.5 Å². The fourth-order valence-electron chi connectivity index (χ4n) is 3.31. The highest BCUT2D eigenvalue weighted by molar-refractivity contribution is 6.30. The van der Waals surface area contributed by atoms with Gasteiger partial charge in [0.2, 0.25) is 0 Å². The Morgan fingerprint density at radius 3 is 2.44 bits per heavy atom. The number of hydrogen-bond donors (Lipinski definition) is 1. The Labute approximate surface area is 191 Å². The zero-order valence-electron chi connectivity index (χ0n) is 17.8. The van der Waals surface area contributed by atoms with Crippen LogP contribution in [0.25, 0.3) is 11.0 Å². The van der Waals surface area contributed by atoms with Crippen LogP contribution in [-0.2, 0) is 17.9 Å². The Morgan fingerprint density at radius 1 is 0.969 bits per heavy atom. The normalized spacial score (nSPS) is 10.8. The summed E-state index contributed by atoms with van der Waals surface area (Å²) in [5.41, 5.74) is 3.07.